The lowest BCUT2D eigenvalue weighted by atomic mass is 10.1. The Morgan fingerprint density at radius 3 is 2.61 bits per heavy atom. The van der Waals surface area contributed by atoms with Gasteiger partial charge in [0.05, 0.1) is 10.9 Å². The predicted octanol–water partition coefficient (Wildman–Crippen LogP) is 2.80. The Labute approximate surface area is 130 Å². The molecule has 116 valence electrons. The van der Waals surface area contributed by atoms with Crippen LogP contribution in [0.25, 0.3) is 22.1 Å². The van der Waals surface area contributed by atoms with Crippen LogP contribution in [0.1, 0.15) is 6.92 Å². The molecule has 2 N–H and O–H groups in total. The zero-order valence-electron chi connectivity index (χ0n) is 12.1. The molecule has 0 aliphatic heterocycles. The maximum Gasteiger partial charge on any atom is 0.308 e. The fourth-order valence-corrected chi connectivity index (χ4v) is 2.25. The molecule has 1 aromatic heterocycles. The maximum absolute atomic E-state index is 12.6. The summed E-state index contributed by atoms with van der Waals surface area (Å²) >= 11 is 0. The summed E-state index contributed by atoms with van der Waals surface area (Å²) in [6, 6.07) is 8.77. The third-order valence-corrected chi connectivity index (χ3v) is 3.28. The van der Waals surface area contributed by atoms with Crippen molar-refractivity contribution < 1.29 is 24.2 Å². The number of carbonyl (C=O) groups is 1. The fraction of sp³-hybridized carbons (Fsp3) is 0.0588. The monoisotopic (exact) mass is 312 g/mol. The van der Waals surface area contributed by atoms with Crippen molar-refractivity contribution in [2.75, 3.05) is 0 Å². The fourth-order valence-electron chi connectivity index (χ4n) is 2.25. The molecule has 0 radical (unpaired) electrons. The Morgan fingerprint density at radius 2 is 1.87 bits per heavy atom. The Balaban J connectivity index is 2.17. The summed E-state index contributed by atoms with van der Waals surface area (Å²) < 4.78 is 10.3. The van der Waals surface area contributed by atoms with Gasteiger partial charge in [0.25, 0.3) is 0 Å². The zero-order chi connectivity index (χ0) is 16.6. The van der Waals surface area contributed by atoms with E-state index >= 15 is 0 Å². The van der Waals surface area contributed by atoms with Crippen molar-refractivity contribution in [1.82, 2.24) is 0 Å². The quantitative estimate of drug-likeness (QED) is 0.429. The summed E-state index contributed by atoms with van der Waals surface area (Å²) in [4.78, 5) is 23.6. The number of ether oxygens (including phenoxy) is 1. The van der Waals surface area contributed by atoms with E-state index in [1.807, 2.05) is 0 Å². The molecule has 23 heavy (non-hydrogen) atoms. The lowest BCUT2D eigenvalue weighted by Crippen LogP contribution is -2.05. The topological polar surface area (TPSA) is 97.0 Å². The number of fused-ring (bicyclic) bond motifs is 1. The molecule has 0 aliphatic carbocycles. The van der Waals surface area contributed by atoms with Gasteiger partial charge in [0.1, 0.15) is 17.6 Å². The summed E-state index contributed by atoms with van der Waals surface area (Å²) in [5.74, 6) is -0.933. The molecule has 0 bridgehead atoms. The first-order valence-corrected chi connectivity index (χ1v) is 6.72. The van der Waals surface area contributed by atoms with Crippen molar-refractivity contribution in [3.8, 4) is 28.4 Å². The Bertz CT molecular complexity index is 970. The van der Waals surface area contributed by atoms with Gasteiger partial charge in [-0.15, -0.1) is 0 Å². The number of carbonyl (C=O) groups excluding carboxylic acids is 1. The molecule has 0 aliphatic rings. The number of phenolic OH excluding ortho intramolecular Hbond substituents is 2. The summed E-state index contributed by atoms with van der Waals surface area (Å²) in [6.45, 7) is 1.28. The van der Waals surface area contributed by atoms with Gasteiger partial charge in [-0.3, -0.25) is 9.59 Å². The van der Waals surface area contributed by atoms with E-state index in [1.165, 1.54) is 19.3 Å². The normalized spacial score (nSPS) is 10.7. The highest BCUT2D eigenvalue weighted by atomic mass is 16.5. The number of phenols is 2. The SMILES string of the molecule is CC(=O)Oc1cccc(-c2coc3cc(O)c(O)cc3c2=O)c1. The number of rotatable bonds is 2. The van der Waals surface area contributed by atoms with Gasteiger partial charge < -0.3 is 19.4 Å². The van der Waals surface area contributed by atoms with Crippen LogP contribution in [0.4, 0.5) is 0 Å². The largest absolute Gasteiger partial charge is 0.504 e. The molecule has 0 saturated carbocycles. The second-order valence-corrected chi connectivity index (χ2v) is 4.94. The highest BCUT2D eigenvalue weighted by molar-refractivity contribution is 5.84. The summed E-state index contributed by atoms with van der Waals surface area (Å²) in [5, 5.41) is 19.1. The van der Waals surface area contributed by atoms with Crippen molar-refractivity contribution in [1.29, 1.82) is 0 Å². The van der Waals surface area contributed by atoms with Gasteiger partial charge in [-0.1, -0.05) is 12.1 Å². The van der Waals surface area contributed by atoms with Gasteiger partial charge in [-0.2, -0.15) is 0 Å². The van der Waals surface area contributed by atoms with E-state index in [2.05, 4.69) is 0 Å². The smallest absolute Gasteiger partial charge is 0.308 e. The standard InChI is InChI=1S/C17H12O6/c1-9(18)23-11-4-2-3-10(5-11)13-8-22-16-7-15(20)14(19)6-12(16)17(13)21/h2-8,19-20H,1H3. The van der Waals surface area contributed by atoms with Crippen LogP contribution in [0.15, 0.2) is 51.9 Å². The third kappa shape index (κ3) is 2.74. The minimum atomic E-state index is -0.465. The van der Waals surface area contributed by atoms with Gasteiger partial charge in [0.15, 0.2) is 11.5 Å². The summed E-state index contributed by atoms with van der Waals surface area (Å²) in [5.41, 5.74) is 0.537. The zero-order valence-corrected chi connectivity index (χ0v) is 12.1. The first-order valence-electron chi connectivity index (χ1n) is 6.72. The summed E-state index contributed by atoms with van der Waals surface area (Å²) in [7, 11) is 0. The van der Waals surface area contributed by atoms with Gasteiger partial charge in [-0.25, -0.2) is 0 Å². The van der Waals surface area contributed by atoms with E-state index in [4.69, 9.17) is 9.15 Å². The maximum atomic E-state index is 12.6. The van der Waals surface area contributed by atoms with E-state index < -0.39 is 11.7 Å². The van der Waals surface area contributed by atoms with Crippen LogP contribution in [0, 0.1) is 0 Å². The highest BCUT2D eigenvalue weighted by Crippen LogP contribution is 2.30. The van der Waals surface area contributed by atoms with Gasteiger partial charge in [0.2, 0.25) is 5.43 Å². The van der Waals surface area contributed by atoms with E-state index in [9.17, 15) is 19.8 Å². The molecule has 3 rings (SSSR count). The van der Waals surface area contributed by atoms with Gasteiger partial charge >= 0.3 is 5.97 Å². The number of hydrogen-bond acceptors (Lipinski definition) is 6. The molecule has 0 saturated heterocycles. The summed E-state index contributed by atoms with van der Waals surface area (Å²) in [6.07, 6.45) is 1.26. The molecular weight excluding hydrogens is 300 g/mol. The van der Waals surface area contributed by atoms with Crippen LogP contribution in [-0.2, 0) is 4.79 Å². The number of hydrogen-bond donors (Lipinski definition) is 2. The molecule has 0 spiro atoms. The molecule has 6 nitrogen and oxygen atoms in total. The van der Waals surface area contributed by atoms with Crippen LogP contribution in [0.2, 0.25) is 0 Å². The molecule has 2 aromatic carbocycles. The van der Waals surface area contributed by atoms with Crippen molar-refractivity contribution in [2.45, 2.75) is 6.92 Å². The van der Waals surface area contributed by atoms with E-state index in [-0.39, 0.29) is 27.7 Å². The van der Waals surface area contributed by atoms with Gasteiger partial charge in [0, 0.05) is 13.0 Å². The predicted molar refractivity (Wildman–Crippen MR) is 82.6 cm³/mol. The second kappa shape index (κ2) is 5.49. The van der Waals surface area contributed by atoms with Crippen molar-refractivity contribution in [3.05, 3.63) is 52.9 Å². The third-order valence-electron chi connectivity index (χ3n) is 3.28. The van der Waals surface area contributed by atoms with Crippen molar-refractivity contribution >= 4 is 16.9 Å². The van der Waals surface area contributed by atoms with Crippen LogP contribution in [0.3, 0.4) is 0 Å². The van der Waals surface area contributed by atoms with Crippen LogP contribution >= 0.6 is 0 Å². The van der Waals surface area contributed by atoms with Crippen LogP contribution in [-0.4, -0.2) is 16.2 Å². The molecule has 0 fully saturated rings. The molecule has 0 atom stereocenters. The van der Waals surface area contributed by atoms with Crippen LogP contribution < -0.4 is 10.2 Å². The molecule has 6 heteroatoms. The Hall–Kier alpha value is -3.28. The van der Waals surface area contributed by atoms with E-state index in [1.54, 1.807) is 24.3 Å². The lowest BCUT2D eigenvalue weighted by Gasteiger charge is -2.06. The molecular formula is C17H12O6. The number of esters is 1. The highest BCUT2D eigenvalue weighted by Gasteiger charge is 2.13. The first-order chi connectivity index (χ1) is 11.0. The molecule has 0 amide bonds. The number of benzene rings is 2. The molecule has 0 unspecified atom stereocenters. The number of aromatic hydroxyl groups is 2. The minimum Gasteiger partial charge on any atom is -0.504 e. The average Bonchev–Trinajstić information content (AvgIpc) is 2.49. The van der Waals surface area contributed by atoms with Crippen LogP contribution in [0.5, 0.6) is 17.2 Å². The van der Waals surface area contributed by atoms with E-state index in [0.717, 1.165) is 6.07 Å². The Kier molecular flexibility index (Phi) is 3.50. The Morgan fingerprint density at radius 1 is 1.13 bits per heavy atom. The lowest BCUT2D eigenvalue weighted by molar-refractivity contribution is -0.131. The van der Waals surface area contributed by atoms with Crippen molar-refractivity contribution in [2.24, 2.45) is 0 Å². The second-order valence-electron chi connectivity index (χ2n) is 4.94. The molecule has 1 heterocycles. The first kappa shape index (κ1) is 14.6. The average molecular weight is 312 g/mol. The van der Waals surface area contributed by atoms with Crippen molar-refractivity contribution in [3.63, 3.8) is 0 Å². The molecule has 3 aromatic rings. The minimum absolute atomic E-state index is 0.135. The van der Waals surface area contributed by atoms with E-state index in [0.29, 0.717) is 11.3 Å². The van der Waals surface area contributed by atoms with Gasteiger partial charge in [-0.05, 0) is 23.8 Å².